The summed E-state index contributed by atoms with van der Waals surface area (Å²) < 4.78 is 26.3. The number of nitrogens with one attached hydrogen (secondary N) is 1. The fraction of sp³-hybridized carbons (Fsp3) is 0.357. The number of halogens is 2. The van der Waals surface area contributed by atoms with Gasteiger partial charge in [0.05, 0.1) is 5.69 Å². The molecule has 2 nitrogen and oxygen atoms in total. The number of aromatic nitrogens is 1. The molecule has 0 unspecified atom stereocenters. The summed E-state index contributed by atoms with van der Waals surface area (Å²) in [6.45, 7) is 1.75. The van der Waals surface area contributed by atoms with Gasteiger partial charge in [-0.15, -0.1) is 11.3 Å². The molecule has 2 aromatic rings. The lowest BCUT2D eigenvalue weighted by atomic mass is 10.1. The number of thiazole rings is 1. The Morgan fingerprint density at radius 3 is 2.63 bits per heavy atom. The number of benzene rings is 1. The molecule has 100 valence electrons. The van der Waals surface area contributed by atoms with Crippen molar-refractivity contribution in [2.24, 2.45) is 5.92 Å². The molecule has 5 heteroatoms. The van der Waals surface area contributed by atoms with Gasteiger partial charge in [0.1, 0.15) is 16.6 Å². The Labute approximate surface area is 114 Å². The van der Waals surface area contributed by atoms with Gasteiger partial charge in [-0.25, -0.2) is 13.8 Å². The molecule has 1 N–H and O–H groups in total. The highest BCUT2D eigenvalue weighted by Gasteiger charge is 2.20. The van der Waals surface area contributed by atoms with Crippen LogP contribution in [-0.4, -0.2) is 11.5 Å². The smallest absolute Gasteiger partial charge is 0.126 e. The molecule has 0 saturated heterocycles. The average Bonchev–Trinajstić information content (AvgIpc) is 3.04. The van der Waals surface area contributed by atoms with Gasteiger partial charge < -0.3 is 5.32 Å². The van der Waals surface area contributed by atoms with E-state index in [-0.39, 0.29) is 0 Å². The van der Waals surface area contributed by atoms with Gasteiger partial charge in [0.15, 0.2) is 0 Å². The molecule has 1 aromatic heterocycles. The first-order valence-corrected chi connectivity index (χ1v) is 7.20. The molecule has 3 rings (SSSR count). The third kappa shape index (κ3) is 3.36. The summed E-state index contributed by atoms with van der Waals surface area (Å²) in [7, 11) is 0. The van der Waals surface area contributed by atoms with E-state index in [1.54, 1.807) is 0 Å². The number of nitrogens with zero attached hydrogens (tertiary/aromatic N) is 1. The molecule has 0 bridgehead atoms. The molecule has 1 aromatic carbocycles. The van der Waals surface area contributed by atoms with Gasteiger partial charge in [0.25, 0.3) is 0 Å². The summed E-state index contributed by atoms with van der Waals surface area (Å²) in [5.41, 5.74) is 1.12. The van der Waals surface area contributed by atoms with Gasteiger partial charge in [-0.1, -0.05) is 0 Å². The molecule has 0 spiro atoms. The normalized spacial score (nSPS) is 14.8. The summed E-state index contributed by atoms with van der Waals surface area (Å²) >= 11 is 1.51. The van der Waals surface area contributed by atoms with E-state index in [4.69, 9.17) is 0 Å². The second-order valence-corrected chi connectivity index (χ2v) is 5.80. The minimum Gasteiger partial charge on any atom is -0.310 e. The first-order chi connectivity index (χ1) is 9.20. The van der Waals surface area contributed by atoms with Crippen LogP contribution < -0.4 is 5.32 Å². The van der Waals surface area contributed by atoms with Crippen LogP contribution in [0, 0.1) is 17.6 Å². The van der Waals surface area contributed by atoms with Crippen LogP contribution in [0.5, 0.6) is 0 Å². The summed E-state index contributed by atoms with van der Waals surface area (Å²) in [5.74, 6) is -0.315. The van der Waals surface area contributed by atoms with Crippen LogP contribution in [0.1, 0.15) is 17.8 Å². The zero-order chi connectivity index (χ0) is 13.2. The summed E-state index contributed by atoms with van der Waals surface area (Å²) in [6, 6.07) is 3.48. The fourth-order valence-electron chi connectivity index (χ4n) is 1.93. The van der Waals surface area contributed by atoms with Gasteiger partial charge >= 0.3 is 0 Å². The molecule has 1 fully saturated rings. The number of hydrogen-bond donors (Lipinski definition) is 1. The second kappa shape index (κ2) is 5.35. The first kappa shape index (κ1) is 12.7. The zero-order valence-corrected chi connectivity index (χ0v) is 11.1. The maximum Gasteiger partial charge on any atom is 0.126 e. The quantitative estimate of drug-likeness (QED) is 0.905. The van der Waals surface area contributed by atoms with Crippen molar-refractivity contribution in [3.8, 4) is 11.3 Å². The van der Waals surface area contributed by atoms with Crippen LogP contribution in [0.25, 0.3) is 11.3 Å². The minimum absolute atomic E-state index is 0.488. The van der Waals surface area contributed by atoms with E-state index in [0.717, 1.165) is 30.1 Å². The van der Waals surface area contributed by atoms with Crippen LogP contribution in [0.3, 0.4) is 0 Å². The van der Waals surface area contributed by atoms with Crippen LogP contribution in [0.15, 0.2) is 23.6 Å². The largest absolute Gasteiger partial charge is 0.310 e. The molecule has 1 saturated carbocycles. The van der Waals surface area contributed by atoms with E-state index in [9.17, 15) is 8.78 Å². The first-order valence-electron chi connectivity index (χ1n) is 6.32. The lowest BCUT2D eigenvalue weighted by molar-refractivity contribution is 0.584. The van der Waals surface area contributed by atoms with Crippen molar-refractivity contribution in [1.82, 2.24) is 10.3 Å². The van der Waals surface area contributed by atoms with Gasteiger partial charge in [-0.2, -0.15) is 0 Å². The minimum atomic E-state index is -0.573. The van der Waals surface area contributed by atoms with Gasteiger partial charge in [-0.3, -0.25) is 0 Å². The van der Waals surface area contributed by atoms with E-state index in [2.05, 4.69) is 10.3 Å². The number of rotatable bonds is 5. The molecule has 0 radical (unpaired) electrons. The summed E-state index contributed by atoms with van der Waals surface area (Å²) in [5, 5.41) is 6.13. The predicted octanol–water partition coefficient (Wildman–Crippen LogP) is 3.59. The van der Waals surface area contributed by atoms with E-state index in [0.29, 0.717) is 11.3 Å². The Morgan fingerprint density at radius 1 is 1.21 bits per heavy atom. The van der Waals surface area contributed by atoms with E-state index < -0.39 is 11.6 Å². The highest BCUT2D eigenvalue weighted by atomic mass is 32.1. The van der Waals surface area contributed by atoms with Gasteiger partial charge in [0.2, 0.25) is 0 Å². The maximum atomic E-state index is 13.1. The molecule has 19 heavy (non-hydrogen) atoms. The lowest BCUT2D eigenvalue weighted by Crippen LogP contribution is -2.15. The Hall–Kier alpha value is -1.33. The van der Waals surface area contributed by atoms with Crippen molar-refractivity contribution in [1.29, 1.82) is 0 Å². The summed E-state index contributed by atoms with van der Waals surface area (Å²) in [4.78, 5) is 4.40. The monoisotopic (exact) mass is 280 g/mol. The molecular weight excluding hydrogens is 266 g/mol. The van der Waals surface area contributed by atoms with Crippen molar-refractivity contribution in [3.63, 3.8) is 0 Å². The zero-order valence-electron chi connectivity index (χ0n) is 10.3. The molecule has 1 aliphatic carbocycles. The van der Waals surface area contributed by atoms with Gasteiger partial charge in [0, 0.05) is 23.6 Å². The fourth-order valence-corrected chi connectivity index (χ4v) is 2.70. The van der Waals surface area contributed by atoms with Crippen LogP contribution in [-0.2, 0) is 6.54 Å². The van der Waals surface area contributed by atoms with Crippen molar-refractivity contribution in [2.75, 3.05) is 6.54 Å². The molecule has 1 aliphatic rings. The van der Waals surface area contributed by atoms with Crippen LogP contribution in [0.2, 0.25) is 0 Å². The molecular formula is C14H14F2N2S. The molecule has 0 amide bonds. The molecule has 0 atom stereocenters. The van der Waals surface area contributed by atoms with E-state index in [1.165, 1.54) is 36.3 Å². The lowest BCUT2D eigenvalue weighted by Gasteiger charge is -2.00. The maximum absolute atomic E-state index is 13.1. The second-order valence-electron chi connectivity index (χ2n) is 4.86. The van der Waals surface area contributed by atoms with Crippen LogP contribution >= 0.6 is 11.3 Å². The standard InChI is InChI=1S/C14H14F2N2S/c15-11-3-10(4-12(16)5-11)13-8-19-14(18-13)7-17-6-9-1-2-9/h3-5,8-9,17H,1-2,6-7H2. The van der Waals surface area contributed by atoms with Crippen molar-refractivity contribution >= 4 is 11.3 Å². The Bertz CT molecular complexity index is 558. The summed E-state index contributed by atoms with van der Waals surface area (Å²) in [6.07, 6.45) is 2.64. The third-order valence-electron chi connectivity index (χ3n) is 3.12. The van der Waals surface area contributed by atoms with Crippen molar-refractivity contribution in [2.45, 2.75) is 19.4 Å². The highest BCUT2D eigenvalue weighted by Crippen LogP contribution is 2.28. The Balaban J connectivity index is 1.68. The van der Waals surface area contributed by atoms with Gasteiger partial charge in [-0.05, 0) is 37.4 Å². The van der Waals surface area contributed by atoms with Crippen molar-refractivity contribution in [3.05, 3.63) is 40.2 Å². The van der Waals surface area contributed by atoms with Crippen molar-refractivity contribution < 1.29 is 8.78 Å². The third-order valence-corrected chi connectivity index (χ3v) is 3.97. The molecule has 1 heterocycles. The Kier molecular flexibility index (Phi) is 3.57. The Morgan fingerprint density at radius 2 is 1.95 bits per heavy atom. The van der Waals surface area contributed by atoms with E-state index >= 15 is 0 Å². The topological polar surface area (TPSA) is 24.9 Å². The SMILES string of the molecule is Fc1cc(F)cc(-c2csc(CNCC3CC3)n2)c1. The number of hydrogen-bond acceptors (Lipinski definition) is 3. The molecule has 0 aliphatic heterocycles. The van der Waals surface area contributed by atoms with Crippen LogP contribution in [0.4, 0.5) is 8.78 Å². The predicted molar refractivity (Wildman–Crippen MR) is 71.9 cm³/mol. The van der Waals surface area contributed by atoms with E-state index in [1.807, 2.05) is 5.38 Å². The average molecular weight is 280 g/mol. The highest BCUT2D eigenvalue weighted by molar-refractivity contribution is 7.09.